The van der Waals surface area contributed by atoms with E-state index < -0.39 is 17.8 Å². The zero-order chi connectivity index (χ0) is 25.5. The normalized spacial score (nSPS) is 14.7. The molecular weight excluding hydrogens is 476 g/mol. The molecule has 3 rings (SSSR count). The van der Waals surface area contributed by atoms with E-state index in [4.69, 9.17) is 30.5 Å². The number of rotatable bonds is 10. The monoisotopic (exact) mass is 502 g/mol. The van der Waals surface area contributed by atoms with Gasteiger partial charge in [0.05, 0.1) is 39.0 Å². The van der Waals surface area contributed by atoms with Gasteiger partial charge < -0.3 is 18.9 Å². The first kappa shape index (κ1) is 25.9. The number of nitrogens with zero attached hydrogens (tertiary/aromatic N) is 1. The maximum atomic E-state index is 13.2. The standard InChI is InChI=1S/C25H27ClN2O7/c1-5-9-35-19-8-7-15(12-20(19)34-6-2)14-28-24(30)17(23(29)27-25(28)31)10-16-11-18(26)22(33-4)21(13-16)32-3/h7-8,10-13H,5-6,9,14H2,1-4H3,(H,27,29,31)/b17-10+. The summed E-state index contributed by atoms with van der Waals surface area (Å²) in [7, 11) is 2.89. The van der Waals surface area contributed by atoms with Gasteiger partial charge in [-0.15, -0.1) is 0 Å². The van der Waals surface area contributed by atoms with Crippen molar-refractivity contribution >= 4 is 35.5 Å². The summed E-state index contributed by atoms with van der Waals surface area (Å²) in [5.41, 5.74) is 0.834. The molecule has 10 heteroatoms. The number of halogens is 1. The lowest BCUT2D eigenvalue weighted by Gasteiger charge is -2.26. The molecule has 9 nitrogen and oxygen atoms in total. The molecule has 0 unspecified atom stereocenters. The van der Waals surface area contributed by atoms with Crippen LogP contribution >= 0.6 is 11.6 Å². The van der Waals surface area contributed by atoms with E-state index in [1.165, 1.54) is 26.4 Å². The van der Waals surface area contributed by atoms with E-state index in [-0.39, 0.29) is 17.1 Å². The summed E-state index contributed by atoms with van der Waals surface area (Å²) in [4.78, 5) is 39.1. The Morgan fingerprint density at radius 1 is 0.971 bits per heavy atom. The second-order valence-electron chi connectivity index (χ2n) is 7.51. The van der Waals surface area contributed by atoms with Crippen molar-refractivity contribution in [2.75, 3.05) is 27.4 Å². The van der Waals surface area contributed by atoms with E-state index in [1.54, 1.807) is 24.3 Å². The average molecular weight is 503 g/mol. The van der Waals surface area contributed by atoms with Gasteiger partial charge in [-0.1, -0.05) is 24.6 Å². The summed E-state index contributed by atoms with van der Waals surface area (Å²) >= 11 is 6.24. The molecule has 1 saturated heterocycles. The van der Waals surface area contributed by atoms with Gasteiger partial charge >= 0.3 is 6.03 Å². The first-order chi connectivity index (χ1) is 16.8. The van der Waals surface area contributed by atoms with Gasteiger partial charge in [0.15, 0.2) is 23.0 Å². The number of barbiturate groups is 1. The van der Waals surface area contributed by atoms with Crippen LogP contribution in [0.4, 0.5) is 4.79 Å². The van der Waals surface area contributed by atoms with Crippen molar-refractivity contribution in [3.05, 3.63) is 52.1 Å². The van der Waals surface area contributed by atoms with Crippen LogP contribution in [0.3, 0.4) is 0 Å². The minimum Gasteiger partial charge on any atom is -0.493 e. The number of methoxy groups -OCH3 is 2. The van der Waals surface area contributed by atoms with Crippen LogP contribution in [0.1, 0.15) is 31.4 Å². The summed E-state index contributed by atoms with van der Waals surface area (Å²) in [6, 6.07) is 7.47. The highest BCUT2D eigenvalue weighted by Crippen LogP contribution is 2.37. The van der Waals surface area contributed by atoms with Crippen molar-refractivity contribution in [2.45, 2.75) is 26.8 Å². The van der Waals surface area contributed by atoms with Crippen LogP contribution in [-0.2, 0) is 16.1 Å². The SMILES string of the molecule is CCCOc1ccc(CN2C(=O)NC(=O)/C(=C\c3cc(Cl)c(OC)c(OC)c3)C2=O)cc1OCC. The van der Waals surface area contributed by atoms with Crippen molar-refractivity contribution in [1.82, 2.24) is 10.2 Å². The first-order valence-electron chi connectivity index (χ1n) is 11.0. The summed E-state index contributed by atoms with van der Waals surface area (Å²) in [6.07, 6.45) is 2.18. The minimum atomic E-state index is -0.813. The molecule has 0 saturated carbocycles. The highest BCUT2D eigenvalue weighted by molar-refractivity contribution is 6.33. The summed E-state index contributed by atoms with van der Waals surface area (Å²) in [5.74, 6) is 0.193. The number of carbonyl (C=O) groups is 3. The maximum absolute atomic E-state index is 13.2. The van der Waals surface area contributed by atoms with Crippen molar-refractivity contribution < 1.29 is 33.3 Å². The molecule has 1 aliphatic rings. The molecule has 1 N–H and O–H groups in total. The van der Waals surface area contributed by atoms with E-state index in [1.807, 2.05) is 13.8 Å². The van der Waals surface area contributed by atoms with E-state index in [2.05, 4.69) is 5.32 Å². The molecule has 0 aromatic heterocycles. The highest BCUT2D eigenvalue weighted by Gasteiger charge is 2.36. The Morgan fingerprint density at radius 2 is 1.74 bits per heavy atom. The Labute approximate surface area is 208 Å². The molecule has 0 spiro atoms. The molecular formula is C25H27ClN2O7. The number of hydrogen-bond acceptors (Lipinski definition) is 7. The van der Waals surface area contributed by atoms with Crippen molar-refractivity contribution in [2.24, 2.45) is 0 Å². The fourth-order valence-electron chi connectivity index (χ4n) is 3.46. The zero-order valence-corrected chi connectivity index (χ0v) is 20.7. The van der Waals surface area contributed by atoms with Crippen molar-refractivity contribution in [1.29, 1.82) is 0 Å². The Kier molecular flexibility index (Phi) is 8.59. The molecule has 35 heavy (non-hydrogen) atoms. The fourth-order valence-corrected chi connectivity index (χ4v) is 3.75. The number of amides is 4. The second kappa shape index (κ2) is 11.6. The van der Waals surface area contributed by atoms with Crippen LogP contribution in [0.15, 0.2) is 35.9 Å². The Hall–Kier alpha value is -3.72. The number of ether oxygens (including phenoxy) is 4. The second-order valence-corrected chi connectivity index (χ2v) is 7.92. The predicted octanol–water partition coefficient (Wildman–Crippen LogP) is 4.21. The first-order valence-corrected chi connectivity index (χ1v) is 11.4. The lowest BCUT2D eigenvalue weighted by Crippen LogP contribution is -2.53. The smallest absolute Gasteiger partial charge is 0.331 e. The van der Waals surface area contributed by atoms with Crippen LogP contribution in [-0.4, -0.2) is 50.2 Å². The number of hydrogen-bond donors (Lipinski definition) is 1. The molecule has 0 bridgehead atoms. The van der Waals surface area contributed by atoms with Gasteiger partial charge in [-0.25, -0.2) is 4.79 Å². The van der Waals surface area contributed by atoms with Gasteiger partial charge in [0.25, 0.3) is 11.8 Å². The quantitative estimate of drug-likeness (QED) is 0.383. The summed E-state index contributed by atoms with van der Waals surface area (Å²) in [5, 5.41) is 2.45. The Bertz CT molecular complexity index is 1160. The third-order valence-electron chi connectivity index (χ3n) is 5.06. The largest absolute Gasteiger partial charge is 0.493 e. The van der Waals surface area contributed by atoms with Gasteiger partial charge in [0.2, 0.25) is 0 Å². The van der Waals surface area contributed by atoms with Gasteiger partial charge in [-0.3, -0.25) is 19.8 Å². The topological polar surface area (TPSA) is 103 Å². The average Bonchev–Trinajstić information content (AvgIpc) is 2.83. The number of imide groups is 2. The highest BCUT2D eigenvalue weighted by atomic mass is 35.5. The van der Waals surface area contributed by atoms with Gasteiger partial charge in [0.1, 0.15) is 5.57 Å². The van der Waals surface area contributed by atoms with E-state index in [0.717, 1.165) is 11.3 Å². The molecule has 0 atom stereocenters. The number of urea groups is 1. The molecule has 1 fully saturated rings. The van der Waals surface area contributed by atoms with Gasteiger partial charge in [0, 0.05) is 0 Å². The van der Waals surface area contributed by atoms with E-state index in [0.29, 0.717) is 47.3 Å². The van der Waals surface area contributed by atoms with Gasteiger partial charge in [-0.05, 0) is 54.8 Å². The molecule has 4 amide bonds. The molecule has 2 aromatic carbocycles. The number of nitrogens with one attached hydrogen (secondary N) is 1. The van der Waals surface area contributed by atoms with Crippen LogP contribution in [0.5, 0.6) is 23.0 Å². The predicted molar refractivity (Wildman–Crippen MR) is 130 cm³/mol. The lowest BCUT2D eigenvalue weighted by molar-refractivity contribution is -0.130. The molecule has 1 heterocycles. The van der Waals surface area contributed by atoms with Crippen LogP contribution in [0.2, 0.25) is 5.02 Å². The molecule has 186 valence electrons. The van der Waals surface area contributed by atoms with Crippen molar-refractivity contribution in [3.8, 4) is 23.0 Å². The molecule has 1 aliphatic heterocycles. The third-order valence-corrected chi connectivity index (χ3v) is 5.34. The Morgan fingerprint density at radius 3 is 2.40 bits per heavy atom. The Balaban J connectivity index is 1.91. The molecule has 0 radical (unpaired) electrons. The molecule has 0 aliphatic carbocycles. The third kappa shape index (κ3) is 5.86. The maximum Gasteiger partial charge on any atom is 0.331 e. The zero-order valence-electron chi connectivity index (χ0n) is 20.0. The van der Waals surface area contributed by atoms with E-state index >= 15 is 0 Å². The van der Waals surface area contributed by atoms with Crippen molar-refractivity contribution in [3.63, 3.8) is 0 Å². The number of carbonyl (C=O) groups excluding carboxylic acids is 3. The van der Waals surface area contributed by atoms with Gasteiger partial charge in [-0.2, -0.15) is 0 Å². The van der Waals surface area contributed by atoms with Crippen LogP contribution in [0, 0.1) is 0 Å². The molecule has 2 aromatic rings. The minimum absolute atomic E-state index is 0.0733. The van der Waals surface area contributed by atoms with E-state index in [9.17, 15) is 14.4 Å². The lowest BCUT2D eigenvalue weighted by atomic mass is 10.1. The van der Waals surface area contributed by atoms with Crippen LogP contribution in [0.25, 0.3) is 6.08 Å². The van der Waals surface area contributed by atoms with Crippen LogP contribution < -0.4 is 24.3 Å². The summed E-state index contributed by atoms with van der Waals surface area (Å²) in [6.45, 7) is 4.72. The summed E-state index contributed by atoms with van der Waals surface area (Å²) < 4.78 is 21.8. The fraction of sp³-hybridized carbons (Fsp3) is 0.320. The number of benzene rings is 2.